The van der Waals surface area contributed by atoms with Crippen molar-refractivity contribution in [3.63, 3.8) is 0 Å². The number of carbonyl (C=O) groups is 1. The van der Waals surface area contributed by atoms with Gasteiger partial charge < -0.3 is 9.84 Å². The Labute approximate surface area is 91.6 Å². The van der Waals surface area contributed by atoms with Crippen molar-refractivity contribution in [3.05, 3.63) is 39.4 Å². The molecule has 1 N–H and O–H groups in total. The fraction of sp³-hybridized carbons (Fsp3) is 0.300. The van der Waals surface area contributed by atoms with Crippen molar-refractivity contribution >= 4 is 11.7 Å². The SMILES string of the molecule is COC(=O)C(O)c1cc([N+](=O)[O-])ccc1C. The van der Waals surface area contributed by atoms with E-state index in [9.17, 15) is 20.0 Å². The quantitative estimate of drug-likeness (QED) is 0.472. The van der Waals surface area contributed by atoms with Crippen LogP contribution in [0.3, 0.4) is 0 Å². The second kappa shape index (κ2) is 4.71. The van der Waals surface area contributed by atoms with Crippen LogP contribution in [0.15, 0.2) is 18.2 Å². The highest BCUT2D eigenvalue weighted by Gasteiger charge is 2.22. The molecule has 0 aromatic heterocycles. The standard InChI is InChI=1S/C10H11NO5/c1-6-3-4-7(11(14)15)5-8(6)9(12)10(13)16-2/h3-5,9,12H,1-2H3. The highest BCUT2D eigenvalue weighted by molar-refractivity contribution is 5.76. The number of aliphatic hydroxyl groups is 1. The normalized spacial score (nSPS) is 11.9. The Hall–Kier alpha value is -1.95. The number of aryl methyl sites for hydroxylation is 1. The molecule has 1 aromatic rings. The first-order valence-electron chi connectivity index (χ1n) is 4.48. The van der Waals surface area contributed by atoms with Crippen LogP contribution >= 0.6 is 0 Å². The van der Waals surface area contributed by atoms with E-state index < -0.39 is 17.0 Å². The molecule has 0 saturated carbocycles. The molecular formula is C10H11NO5. The van der Waals surface area contributed by atoms with Crippen molar-refractivity contribution < 1.29 is 19.6 Å². The van der Waals surface area contributed by atoms with E-state index in [2.05, 4.69) is 4.74 Å². The predicted octanol–water partition coefficient (Wildman–Crippen LogP) is 1.11. The number of hydrogen-bond acceptors (Lipinski definition) is 5. The van der Waals surface area contributed by atoms with Crippen LogP contribution in [0.1, 0.15) is 17.2 Å². The Kier molecular flexibility index (Phi) is 3.57. The Bertz CT molecular complexity index is 429. The fourth-order valence-electron chi connectivity index (χ4n) is 1.27. The van der Waals surface area contributed by atoms with Crippen molar-refractivity contribution in [2.45, 2.75) is 13.0 Å². The van der Waals surface area contributed by atoms with Gasteiger partial charge in [0.25, 0.3) is 5.69 Å². The number of rotatable bonds is 3. The molecule has 1 atom stereocenters. The van der Waals surface area contributed by atoms with Gasteiger partial charge in [0, 0.05) is 17.7 Å². The number of hydrogen-bond donors (Lipinski definition) is 1. The fourth-order valence-corrected chi connectivity index (χ4v) is 1.27. The van der Waals surface area contributed by atoms with E-state index in [4.69, 9.17) is 0 Å². The second-order valence-electron chi connectivity index (χ2n) is 3.22. The van der Waals surface area contributed by atoms with E-state index in [-0.39, 0.29) is 11.3 Å². The maximum Gasteiger partial charge on any atom is 0.339 e. The maximum absolute atomic E-state index is 11.1. The average molecular weight is 225 g/mol. The largest absolute Gasteiger partial charge is 0.467 e. The maximum atomic E-state index is 11.1. The number of non-ortho nitro benzene ring substituents is 1. The Morgan fingerprint density at radius 2 is 2.19 bits per heavy atom. The molecule has 0 aliphatic heterocycles. The minimum absolute atomic E-state index is 0.177. The summed E-state index contributed by atoms with van der Waals surface area (Å²) in [6.45, 7) is 1.64. The van der Waals surface area contributed by atoms with Crippen molar-refractivity contribution in [2.75, 3.05) is 7.11 Å². The van der Waals surface area contributed by atoms with Gasteiger partial charge in [0.2, 0.25) is 0 Å². The molecular weight excluding hydrogens is 214 g/mol. The van der Waals surface area contributed by atoms with Gasteiger partial charge in [-0.1, -0.05) is 6.07 Å². The number of esters is 1. The minimum atomic E-state index is -1.50. The third-order valence-corrected chi connectivity index (χ3v) is 2.19. The molecule has 0 spiro atoms. The van der Waals surface area contributed by atoms with Gasteiger partial charge in [-0.25, -0.2) is 4.79 Å². The number of ether oxygens (including phenoxy) is 1. The molecule has 1 aromatic carbocycles. The van der Waals surface area contributed by atoms with Crippen LogP contribution in [0.2, 0.25) is 0 Å². The second-order valence-corrected chi connectivity index (χ2v) is 3.22. The zero-order chi connectivity index (χ0) is 12.3. The van der Waals surface area contributed by atoms with Crippen molar-refractivity contribution in [1.29, 1.82) is 0 Å². The van der Waals surface area contributed by atoms with Crippen molar-refractivity contribution in [2.24, 2.45) is 0 Å². The molecule has 0 aliphatic carbocycles. The van der Waals surface area contributed by atoms with E-state index >= 15 is 0 Å². The average Bonchev–Trinajstić information content (AvgIpc) is 2.27. The number of benzene rings is 1. The highest BCUT2D eigenvalue weighted by atomic mass is 16.6. The summed E-state index contributed by atoms with van der Waals surface area (Å²) < 4.78 is 4.36. The first kappa shape index (κ1) is 12.1. The van der Waals surface area contributed by atoms with Gasteiger partial charge in [-0.15, -0.1) is 0 Å². The summed E-state index contributed by atoms with van der Waals surface area (Å²) >= 11 is 0. The number of carbonyl (C=O) groups excluding carboxylic acids is 1. The highest BCUT2D eigenvalue weighted by Crippen LogP contribution is 2.23. The molecule has 0 heterocycles. The topological polar surface area (TPSA) is 89.7 Å². The van der Waals surface area contributed by atoms with Crippen LogP contribution in [0, 0.1) is 17.0 Å². The van der Waals surface area contributed by atoms with Crippen LogP contribution in [-0.2, 0) is 9.53 Å². The molecule has 0 saturated heterocycles. The summed E-state index contributed by atoms with van der Waals surface area (Å²) in [6, 6.07) is 3.94. The minimum Gasteiger partial charge on any atom is -0.467 e. The molecule has 16 heavy (non-hydrogen) atoms. The summed E-state index contributed by atoms with van der Waals surface area (Å²) in [5, 5.41) is 20.1. The van der Waals surface area contributed by atoms with E-state index in [1.165, 1.54) is 12.1 Å². The molecule has 0 bridgehead atoms. The van der Waals surface area contributed by atoms with Gasteiger partial charge in [0.15, 0.2) is 6.10 Å². The zero-order valence-corrected chi connectivity index (χ0v) is 8.84. The lowest BCUT2D eigenvalue weighted by atomic mass is 10.0. The van der Waals surface area contributed by atoms with Gasteiger partial charge in [0.1, 0.15) is 0 Å². The van der Waals surface area contributed by atoms with Gasteiger partial charge in [-0.3, -0.25) is 10.1 Å². The number of methoxy groups -OCH3 is 1. The van der Waals surface area contributed by atoms with Crippen LogP contribution in [-0.4, -0.2) is 23.1 Å². The molecule has 1 rings (SSSR count). The van der Waals surface area contributed by atoms with E-state index in [0.29, 0.717) is 5.56 Å². The molecule has 6 heteroatoms. The Morgan fingerprint density at radius 1 is 1.56 bits per heavy atom. The molecule has 6 nitrogen and oxygen atoms in total. The van der Waals surface area contributed by atoms with Gasteiger partial charge in [0.05, 0.1) is 12.0 Å². The van der Waals surface area contributed by atoms with Crippen molar-refractivity contribution in [1.82, 2.24) is 0 Å². The van der Waals surface area contributed by atoms with Crippen LogP contribution < -0.4 is 0 Å². The molecule has 0 radical (unpaired) electrons. The molecule has 86 valence electrons. The third kappa shape index (κ3) is 2.34. The predicted molar refractivity (Wildman–Crippen MR) is 54.8 cm³/mol. The van der Waals surface area contributed by atoms with Crippen molar-refractivity contribution in [3.8, 4) is 0 Å². The van der Waals surface area contributed by atoms with Gasteiger partial charge >= 0.3 is 5.97 Å². The zero-order valence-electron chi connectivity index (χ0n) is 8.84. The first-order chi connectivity index (χ1) is 7.47. The molecule has 0 fully saturated rings. The van der Waals surface area contributed by atoms with Crippen LogP contribution in [0.5, 0.6) is 0 Å². The van der Waals surface area contributed by atoms with Gasteiger partial charge in [-0.2, -0.15) is 0 Å². The Balaban J connectivity index is 3.16. The summed E-state index contributed by atoms with van der Waals surface area (Å²) in [4.78, 5) is 21.0. The number of nitro benzene ring substituents is 1. The van der Waals surface area contributed by atoms with Crippen LogP contribution in [0.25, 0.3) is 0 Å². The summed E-state index contributed by atoms with van der Waals surface area (Å²) in [5.74, 6) is -0.844. The van der Waals surface area contributed by atoms with E-state index in [0.717, 1.165) is 13.2 Å². The molecule has 0 aliphatic rings. The summed E-state index contributed by atoms with van der Waals surface area (Å²) in [5.41, 5.74) is 0.591. The Morgan fingerprint density at radius 3 is 2.69 bits per heavy atom. The van der Waals surface area contributed by atoms with E-state index in [1.807, 2.05) is 0 Å². The summed E-state index contributed by atoms with van der Waals surface area (Å²) in [7, 11) is 1.14. The van der Waals surface area contributed by atoms with E-state index in [1.54, 1.807) is 6.92 Å². The number of nitrogens with zero attached hydrogens (tertiary/aromatic N) is 1. The number of nitro groups is 1. The lowest BCUT2D eigenvalue weighted by Gasteiger charge is -2.10. The van der Waals surface area contributed by atoms with Crippen LogP contribution in [0.4, 0.5) is 5.69 Å². The number of aliphatic hydroxyl groups excluding tert-OH is 1. The van der Waals surface area contributed by atoms with Gasteiger partial charge in [-0.05, 0) is 12.5 Å². The lowest BCUT2D eigenvalue weighted by molar-refractivity contribution is -0.385. The smallest absolute Gasteiger partial charge is 0.339 e. The molecule has 0 amide bonds. The molecule has 1 unspecified atom stereocenters. The summed E-state index contributed by atoms with van der Waals surface area (Å²) in [6.07, 6.45) is -1.50. The lowest BCUT2D eigenvalue weighted by Crippen LogP contribution is -2.14. The third-order valence-electron chi connectivity index (χ3n) is 2.19. The first-order valence-corrected chi connectivity index (χ1v) is 4.48. The monoisotopic (exact) mass is 225 g/mol.